The number of hydrogen-bond donors (Lipinski definition) is 2. The molecular weight excluding hydrogens is 164 g/mol. The molecule has 78 valence electrons. The van der Waals surface area contributed by atoms with Gasteiger partial charge in [-0.15, -0.1) is 0 Å². The van der Waals surface area contributed by atoms with Gasteiger partial charge in [-0.2, -0.15) is 0 Å². The number of hydrogen-bond acceptors (Lipinski definition) is 3. The lowest BCUT2D eigenvalue weighted by molar-refractivity contribution is 0.137. The van der Waals surface area contributed by atoms with Gasteiger partial charge in [0.1, 0.15) is 0 Å². The van der Waals surface area contributed by atoms with E-state index < -0.39 is 0 Å². The van der Waals surface area contributed by atoms with Crippen LogP contribution in [0.15, 0.2) is 0 Å². The molecule has 1 saturated heterocycles. The molecule has 3 nitrogen and oxygen atoms in total. The van der Waals surface area contributed by atoms with Crippen LogP contribution in [0.4, 0.5) is 0 Å². The van der Waals surface area contributed by atoms with Crippen molar-refractivity contribution in [3.8, 4) is 0 Å². The predicted molar refractivity (Wildman–Crippen MR) is 54.7 cm³/mol. The van der Waals surface area contributed by atoms with Crippen LogP contribution in [-0.4, -0.2) is 32.3 Å². The molecule has 3 N–H and O–H groups in total. The Morgan fingerprint density at radius 2 is 2.08 bits per heavy atom. The molecule has 0 aromatic carbocycles. The maximum absolute atomic E-state index is 6.27. The van der Waals surface area contributed by atoms with Crippen LogP contribution >= 0.6 is 0 Å². The number of methoxy groups -OCH3 is 1. The summed E-state index contributed by atoms with van der Waals surface area (Å²) in [5.74, 6) is 0.656. The second-order valence-corrected chi connectivity index (χ2v) is 4.27. The van der Waals surface area contributed by atoms with E-state index in [9.17, 15) is 0 Å². The molecule has 13 heavy (non-hydrogen) atoms. The van der Waals surface area contributed by atoms with Crippen LogP contribution in [-0.2, 0) is 4.74 Å². The average Bonchev–Trinajstić information content (AvgIpc) is 2.16. The van der Waals surface area contributed by atoms with Crippen molar-refractivity contribution in [2.75, 3.05) is 26.8 Å². The first kappa shape index (κ1) is 11.0. The Bertz CT molecular complexity index is 142. The smallest absolute Gasteiger partial charge is 0.0479 e. The lowest BCUT2D eigenvalue weighted by atomic mass is 9.78. The van der Waals surface area contributed by atoms with Crippen molar-refractivity contribution < 1.29 is 4.74 Å². The topological polar surface area (TPSA) is 47.3 Å². The summed E-state index contributed by atoms with van der Waals surface area (Å²) >= 11 is 0. The SMILES string of the molecule is COCCC(C)(N)C1CCNCC1. The highest BCUT2D eigenvalue weighted by Gasteiger charge is 2.30. The fourth-order valence-electron chi connectivity index (χ4n) is 2.01. The normalized spacial score (nSPS) is 24.2. The van der Waals surface area contributed by atoms with Gasteiger partial charge in [0.05, 0.1) is 0 Å². The Morgan fingerprint density at radius 3 is 2.62 bits per heavy atom. The van der Waals surface area contributed by atoms with Crippen LogP contribution in [0, 0.1) is 5.92 Å². The summed E-state index contributed by atoms with van der Waals surface area (Å²) in [4.78, 5) is 0. The van der Waals surface area contributed by atoms with Gasteiger partial charge in [0.2, 0.25) is 0 Å². The molecule has 1 heterocycles. The van der Waals surface area contributed by atoms with Crippen molar-refractivity contribution in [2.45, 2.75) is 31.7 Å². The lowest BCUT2D eigenvalue weighted by Gasteiger charge is -2.37. The van der Waals surface area contributed by atoms with Gasteiger partial charge >= 0.3 is 0 Å². The Hall–Kier alpha value is -0.120. The van der Waals surface area contributed by atoms with Crippen molar-refractivity contribution in [1.29, 1.82) is 0 Å². The van der Waals surface area contributed by atoms with E-state index in [-0.39, 0.29) is 5.54 Å². The van der Waals surface area contributed by atoms with Crippen molar-refractivity contribution in [1.82, 2.24) is 5.32 Å². The fraction of sp³-hybridized carbons (Fsp3) is 1.00. The third kappa shape index (κ3) is 3.25. The van der Waals surface area contributed by atoms with E-state index in [1.54, 1.807) is 7.11 Å². The maximum Gasteiger partial charge on any atom is 0.0479 e. The van der Waals surface area contributed by atoms with Gasteiger partial charge in [0.15, 0.2) is 0 Å². The van der Waals surface area contributed by atoms with Crippen LogP contribution in [0.2, 0.25) is 0 Å². The molecule has 1 atom stereocenters. The van der Waals surface area contributed by atoms with Gasteiger partial charge in [0.25, 0.3) is 0 Å². The van der Waals surface area contributed by atoms with Crippen molar-refractivity contribution in [3.63, 3.8) is 0 Å². The largest absolute Gasteiger partial charge is 0.385 e. The van der Waals surface area contributed by atoms with Crippen LogP contribution in [0.3, 0.4) is 0 Å². The lowest BCUT2D eigenvalue weighted by Crippen LogP contribution is -2.49. The van der Waals surface area contributed by atoms with E-state index in [0.29, 0.717) is 5.92 Å². The quantitative estimate of drug-likeness (QED) is 0.681. The fourth-order valence-corrected chi connectivity index (χ4v) is 2.01. The van der Waals surface area contributed by atoms with E-state index in [1.807, 2.05) is 0 Å². The van der Waals surface area contributed by atoms with Crippen LogP contribution < -0.4 is 11.1 Å². The summed E-state index contributed by atoms with van der Waals surface area (Å²) in [5.41, 5.74) is 6.23. The number of ether oxygens (including phenoxy) is 1. The first-order valence-electron chi connectivity index (χ1n) is 5.15. The molecule has 0 aromatic rings. The zero-order chi connectivity index (χ0) is 9.73. The Labute approximate surface area is 81.0 Å². The maximum atomic E-state index is 6.27. The summed E-state index contributed by atoms with van der Waals surface area (Å²) in [7, 11) is 1.73. The van der Waals surface area contributed by atoms with Crippen molar-refractivity contribution in [3.05, 3.63) is 0 Å². The summed E-state index contributed by atoms with van der Waals surface area (Å²) in [6.45, 7) is 5.16. The van der Waals surface area contributed by atoms with E-state index >= 15 is 0 Å². The molecule has 0 spiro atoms. The molecule has 0 aliphatic carbocycles. The molecule has 3 heteroatoms. The monoisotopic (exact) mass is 186 g/mol. The van der Waals surface area contributed by atoms with Gasteiger partial charge < -0.3 is 15.8 Å². The zero-order valence-electron chi connectivity index (χ0n) is 8.81. The van der Waals surface area contributed by atoms with Crippen LogP contribution in [0.5, 0.6) is 0 Å². The molecule has 1 aliphatic heterocycles. The second kappa shape index (κ2) is 4.94. The molecular formula is C10H22N2O. The van der Waals surface area contributed by atoms with Crippen LogP contribution in [0.25, 0.3) is 0 Å². The van der Waals surface area contributed by atoms with E-state index in [2.05, 4.69) is 12.2 Å². The highest BCUT2D eigenvalue weighted by molar-refractivity contribution is 4.89. The third-order valence-corrected chi connectivity index (χ3v) is 3.12. The predicted octanol–water partition coefficient (Wildman–Crippen LogP) is 0.740. The highest BCUT2D eigenvalue weighted by atomic mass is 16.5. The Kier molecular flexibility index (Phi) is 4.16. The average molecular weight is 186 g/mol. The van der Waals surface area contributed by atoms with Gasteiger partial charge in [-0.05, 0) is 45.2 Å². The third-order valence-electron chi connectivity index (χ3n) is 3.12. The van der Waals surface area contributed by atoms with Gasteiger partial charge in [0, 0.05) is 19.3 Å². The number of piperidine rings is 1. The molecule has 1 fully saturated rings. The van der Waals surface area contributed by atoms with Gasteiger partial charge in [-0.1, -0.05) is 0 Å². The number of nitrogens with one attached hydrogen (secondary N) is 1. The Morgan fingerprint density at radius 1 is 1.46 bits per heavy atom. The van der Waals surface area contributed by atoms with E-state index in [0.717, 1.165) is 26.1 Å². The van der Waals surface area contributed by atoms with Crippen molar-refractivity contribution in [2.24, 2.45) is 11.7 Å². The minimum absolute atomic E-state index is 0.0435. The number of nitrogens with two attached hydrogens (primary N) is 1. The molecule has 0 saturated carbocycles. The number of rotatable bonds is 4. The second-order valence-electron chi connectivity index (χ2n) is 4.27. The highest BCUT2D eigenvalue weighted by Crippen LogP contribution is 2.26. The summed E-state index contributed by atoms with van der Waals surface area (Å²) in [6, 6.07) is 0. The first-order chi connectivity index (χ1) is 6.17. The van der Waals surface area contributed by atoms with Crippen LogP contribution in [0.1, 0.15) is 26.2 Å². The molecule has 1 aliphatic rings. The van der Waals surface area contributed by atoms with Gasteiger partial charge in [-0.25, -0.2) is 0 Å². The molecule has 1 unspecified atom stereocenters. The summed E-state index contributed by atoms with van der Waals surface area (Å²) in [6.07, 6.45) is 3.38. The summed E-state index contributed by atoms with van der Waals surface area (Å²) < 4.78 is 5.07. The van der Waals surface area contributed by atoms with Crippen molar-refractivity contribution >= 4 is 0 Å². The minimum Gasteiger partial charge on any atom is -0.385 e. The first-order valence-corrected chi connectivity index (χ1v) is 5.15. The zero-order valence-corrected chi connectivity index (χ0v) is 8.81. The van der Waals surface area contributed by atoms with E-state index in [4.69, 9.17) is 10.5 Å². The Balaban J connectivity index is 2.36. The molecule has 0 amide bonds. The standard InChI is InChI=1S/C10H22N2O/c1-10(11,5-8-13-2)9-3-6-12-7-4-9/h9,12H,3-8,11H2,1-2H3. The molecule has 0 bridgehead atoms. The molecule has 1 rings (SSSR count). The summed E-state index contributed by atoms with van der Waals surface area (Å²) in [5, 5.41) is 3.36. The molecule has 0 radical (unpaired) electrons. The molecule has 0 aromatic heterocycles. The minimum atomic E-state index is -0.0435. The van der Waals surface area contributed by atoms with Gasteiger partial charge in [-0.3, -0.25) is 0 Å². The van der Waals surface area contributed by atoms with E-state index in [1.165, 1.54) is 12.8 Å².